The van der Waals surface area contributed by atoms with Crippen molar-refractivity contribution in [2.75, 3.05) is 47.5 Å². The van der Waals surface area contributed by atoms with E-state index in [1.54, 1.807) is 0 Å². The third-order valence-electron chi connectivity index (χ3n) is 8.72. The van der Waals surface area contributed by atoms with E-state index in [2.05, 4.69) is 32.1 Å². The minimum absolute atomic E-state index is 0.0258. The molecule has 0 aliphatic carbocycles. The normalized spacial score (nSPS) is 14.2. The van der Waals surface area contributed by atoms with Crippen LogP contribution in [-0.4, -0.2) is 74.9 Å². The molecule has 0 saturated carbocycles. The molecule has 0 heterocycles. The fourth-order valence-electron chi connectivity index (χ4n) is 5.44. The Hall–Kier alpha value is -2.03. The minimum Gasteiger partial charge on any atom is -0.462 e. The van der Waals surface area contributed by atoms with E-state index < -0.39 is 26.5 Å². The number of quaternary nitrogens is 1. The first kappa shape index (κ1) is 51.0. The lowest BCUT2D eigenvalue weighted by atomic mass is 10.0. The van der Waals surface area contributed by atoms with Gasteiger partial charge >= 0.3 is 19.8 Å². The fraction of sp³-hybridized carbons (Fsp3) is 0.767. The minimum atomic E-state index is -4.38. The number of phosphoric ester groups is 1. The molecule has 0 spiro atoms. The van der Waals surface area contributed by atoms with Gasteiger partial charge in [0.15, 0.2) is 6.10 Å². The Kier molecular flexibility index (Phi) is 34.3. The van der Waals surface area contributed by atoms with Gasteiger partial charge in [0.25, 0.3) is 0 Å². The SMILES string of the molecule is CC/C=C/C=C/C=C/C=C/CCCCCCCC(=O)O[C@H](COC(=O)CCCCCCCCCCCCCCCC)COP(=O)(O)OCC[N+](C)(C)C. The Balaban J connectivity index is 4.43. The highest BCUT2D eigenvalue weighted by atomic mass is 31.2. The first-order valence-corrected chi connectivity index (χ1v) is 22.4. The van der Waals surface area contributed by atoms with Gasteiger partial charge in [0.05, 0.1) is 27.7 Å². The second-order valence-corrected chi connectivity index (χ2v) is 16.5. The van der Waals surface area contributed by atoms with Crippen LogP contribution in [0.4, 0.5) is 0 Å². The summed E-state index contributed by atoms with van der Waals surface area (Å²) in [5.41, 5.74) is 0. The maximum atomic E-state index is 12.7. The first-order valence-electron chi connectivity index (χ1n) is 20.9. The predicted molar refractivity (Wildman–Crippen MR) is 220 cm³/mol. The number of unbranched alkanes of at least 4 members (excludes halogenated alkanes) is 18. The molecule has 1 unspecified atom stereocenters. The van der Waals surface area contributed by atoms with Crippen molar-refractivity contribution in [1.29, 1.82) is 0 Å². The number of esters is 2. The van der Waals surface area contributed by atoms with Gasteiger partial charge in [0.1, 0.15) is 19.8 Å². The number of hydrogen-bond acceptors (Lipinski definition) is 7. The van der Waals surface area contributed by atoms with Crippen LogP contribution in [0.1, 0.15) is 162 Å². The quantitative estimate of drug-likeness (QED) is 0.0219. The van der Waals surface area contributed by atoms with E-state index in [9.17, 15) is 19.0 Å². The Bertz CT molecular complexity index is 1050. The van der Waals surface area contributed by atoms with Crippen LogP contribution in [0.25, 0.3) is 0 Å². The van der Waals surface area contributed by atoms with Gasteiger partial charge in [-0.1, -0.05) is 165 Å². The van der Waals surface area contributed by atoms with Gasteiger partial charge < -0.3 is 18.9 Å². The summed E-state index contributed by atoms with van der Waals surface area (Å²) in [6, 6.07) is 0. The van der Waals surface area contributed by atoms with Crippen molar-refractivity contribution in [3.63, 3.8) is 0 Å². The molecule has 0 radical (unpaired) electrons. The Morgan fingerprint density at radius 1 is 0.604 bits per heavy atom. The highest BCUT2D eigenvalue weighted by Crippen LogP contribution is 2.43. The van der Waals surface area contributed by atoms with Gasteiger partial charge in [0, 0.05) is 12.8 Å². The van der Waals surface area contributed by atoms with Crippen molar-refractivity contribution in [2.24, 2.45) is 0 Å². The fourth-order valence-corrected chi connectivity index (χ4v) is 6.18. The molecule has 1 N–H and O–H groups in total. The molecule has 10 heteroatoms. The van der Waals surface area contributed by atoms with E-state index >= 15 is 0 Å². The van der Waals surface area contributed by atoms with E-state index in [-0.39, 0.29) is 32.0 Å². The van der Waals surface area contributed by atoms with Crippen molar-refractivity contribution in [2.45, 2.75) is 168 Å². The van der Waals surface area contributed by atoms with E-state index in [1.165, 1.54) is 70.6 Å². The van der Waals surface area contributed by atoms with Crippen LogP contribution in [0.15, 0.2) is 48.6 Å². The summed E-state index contributed by atoms with van der Waals surface area (Å²) in [7, 11) is 1.45. The van der Waals surface area contributed by atoms with Gasteiger partial charge in [-0.05, 0) is 32.1 Å². The van der Waals surface area contributed by atoms with E-state index in [0.717, 1.165) is 57.8 Å². The van der Waals surface area contributed by atoms with Crippen LogP contribution in [-0.2, 0) is 32.7 Å². The third-order valence-corrected chi connectivity index (χ3v) is 9.70. The first-order chi connectivity index (χ1) is 25.5. The molecule has 0 aromatic carbocycles. The van der Waals surface area contributed by atoms with Gasteiger partial charge in [-0.15, -0.1) is 0 Å². The summed E-state index contributed by atoms with van der Waals surface area (Å²) in [6.45, 7) is 4.25. The number of carbonyl (C=O) groups is 2. The molecule has 0 aromatic heterocycles. The summed E-state index contributed by atoms with van der Waals surface area (Å²) in [6.07, 6.45) is 40.1. The lowest BCUT2D eigenvalue weighted by molar-refractivity contribution is -0.870. The van der Waals surface area contributed by atoms with Crippen molar-refractivity contribution in [3.8, 4) is 0 Å². The number of phosphoric acid groups is 1. The number of allylic oxidation sites excluding steroid dienone is 8. The van der Waals surface area contributed by atoms with Crippen molar-refractivity contribution in [3.05, 3.63) is 48.6 Å². The third kappa shape index (κ3) is 39.5. The average molecular weight is 769 g/mol. The highest BCUT2D eigenvalue weighted by Gasteiger charge is 2.27. The summed E-state index contributed by atoms with van der Waals surface area (Å²) in [4.78, 5) is 35.3. The Morgan fingerprint density at radius 2 is 1.08 bits per heavy atom. The molecule has 0 aromatic rings. The van der Waals surface area contributed by atoms with Crippen LogP contribution >= 0.6 is 7.82 Å². The van der Waals surface area contributed by atoms with Gasteiger partial charge in [-0.3, -0.25) is 18.6 Å². The topological polar surface area (TPSA) is 108 Å². The molecule has 0 bridgehead atoms. The molecule has 0 rings (SSSR count). The molecule has 308 valence electrons. The predicted octanol–water partition coefficient (Wildman–Crippen LogP) is 11.5. The number of ether oxygens (including phenoxy) is 2. The molecule has 0 aliphatic rings. The van der Waals surface area contributed by atoms with Crippen LogP contribution < -0.4 is 0 Å². The maximum Gasteiger partial charge on any atom is 0.472 e. The zero-order valence-corrected chi connectivity index (χ0v) is 35.4. The molecule has 0 saturated heterocycles. The molecule has 9 nitrogen and oxygen atoms in total. The van der Waals surface area contributed by atoms with Crippen molar-refractivity contribution in [1.82, 2.24) is 0 Å². The molecule has 2 atom stereocenters. The molecular formula is C43H79NO8P+. The average Bonchev–Trinajstić information content (AvgIpc) is 3.10. The number of likely N-dealkylation sites (N-methyl/N-ethyl adjacent to an activating group) is 1. The monoisotopic (exact) mass is 769 g/mol. The number of carbonyl (C=O) groups excluding carboxylic acids is 2. The molecular weight excluding hydrogens is 689 g/mol. The Morgan fingerprint density at radius 3 is 1.60 bits per heavy atom. The summed E-state index contributed by atoms with van der Waals surface area (Å²) in [5, 5.41) is 0. The molecule has 53 heavy (non-hydrogen) atoms. The van der Waals surface area contributed by atoms with E-state index in [0.29, 0.717) is 17.4 Å². The zero-order chi connectivity index (χ0) is 39.3. The maximum absolute atomic E-state index is 12.7. The van der Waals surface area contributed by atoms with Crippen molar-refractivity contribution < 1.29 is 42.1 Å². The Labute approximate surface area is 324 Å². The second-order valence-electron chi connectivity index (χ2n) is 15.1. The zero-order valence-electron chi connectivity index (χ0n) is 34.5. The smallest absolute Gasteiger partial charge is 0.462 e. The number of hydrogen-bond donors (Lipinski definition) is 1. The van der Waals surface area contributed by atoms with Crippen LogP contribution in [0.3, 0.4) is 0 Å². The summed E-state index contributed by atoms with van der Waals surface area (Å²) in [5.74, 6) is -0.826. The van der Waals surface area contributed by atoms with Gasteiger partial charge in [0.2, 0.25) is 0 Å². The lowest BCUT2D eigenvalue weighted by Gasteiger charge is -2.24. The van der Waals surface area contributed by atoms with Crippen LogP contribution in [0, 0.1) is 0 Å². The number of nitrogens with zero attached hydrogens (tertiary/aromatic N) is 1. The second kappa shape index (κ2) is 35.7. The highest BCUT2D eigenvalue weighted by molar-refractivity contribution is 7.47. The van der Waals surface area contributed by atoms with E-state index in [4.69, 9.17) is 18.5 Å². The van der Waals surface area contributed by atoms with Gasteiger partial charge in [-0.25, -0.2) is 4.57 Å². The molecule has 0 amide bonds. The summed E-state index contributed by atoms with van der Waals surface area (Å²) >= 11 is 0. The largest absolute Gasteiger partial charge is 0.472 e. The van der Waals surface area contributed by atoms with Gasteiger partial charge in [-0.2, -0.15) is 0 Å². The number of rotatable bonds is 37. The van der Waals surface area contributed by atoms with Crippen LogP contribution in [0.2, 0.25) is 0 Å². The van der Waals surface area contributed by atoms with Crippen LogP contribution in [0.5, 0.6) is 0 Å². The standard InChI is InChI=1S/C43H78NO8P/c1-6-8-10-12-14-16-18-20-22-24-26-28-30-32-34-36-43(46)52-41(40-51-53(47,48)50-38-37-44(3,4)5)39-49-42(45)35-33-31-29-27-25-23-21-19-17-15-13-11-9-7-2/h8,10,12,14,16,18,20,22,41H,6-7,9,11,13,15,17,19,21,23-40H2,1-5H3/p+1/b10-8+,14-12+,18-16+,22-20+/t41-/m1/s1. The lowest BCUT2D eigenvalue weighted by Crippen LogP contribution is -2.37. The summed E-state index contributed by atoms with van der Waals surface area (Å²) < 4.78 is 34.2. The molecule has 0 aliphatic heterocycles. The molecule has 0 fully saturated rings. The van der Waals surface area contributed by atoms with E-state index in [1.807, 2.05) is 51.5 Å². The van der Waals surface area contributed by atoms with Crippen molar-refractivity contribution >= 4 is 19.8 Å².